The predicted molar refractivity (Wildman–Crippen MR) is 102 cm³/mol. The molecule has 0 saturated heterocycles. The standard InChI is InChI=1S/C21H23N3O3/c1-15(8-16-5-6-20-21(9-16)26-14-25-20)12-24(2)13-18-10-19(23-27-18)17-4-3-7-22-11-17/h3-7,9-11,15H,8,12-14H2,1-2H3/t15-/m1/s1. The van der Waals surface area contributed by atoms with E-state index < -0.39 is 0 Å². The van der Waals surface area contributed by atoms with Crippen molar-refractivity contribution in [2.45, 2.75) is 19.9 Å². The Morgan fingerprint density at radius 1 is 1.15 bits per heavy atom. The van der Waals surface area contributed by atoms with Gasteiger partial charge in [0.2, 0.25) is 6.79 Å². The molecule has 1 aliphatic heterocycles. The zero-order valence-electron chi connectivity index (χ0n) is 15.6. The molecule has 0 bridgehead atoms. The maximum Gasteiger partial charge on any atom is 0.231 e. The summed E-state index contributed by atoms with van der Waals surface area (Å²) in [5.74, 6) is 3.03. The number of hydrogen-bond donors (Lipinski definition) is 0. The van der Waals surface area contributed by atoms with Crippen molar-refractivity contribution < 1.29 is 14.0 Å². The lowest BCUT2D eigenvalue weighted by atomic mass is 10.0. The lowest BCUT2D eigenvalue weighted by Crippen LogP contribution is -2.24. The molecule has 3 aromatic rings. The number of nitrogens with zero attached hydrogens (tertiary/aromatic N) is 3. The van der Waals surface area contributed by atoms with Crippen LogP contribution in [0.3, 0.4) is 0 Å². The van der Waals surface area contributed by atoms with Crippen LogP contribution in [-0.2, 0) is 13.0 Å². The molecular weight excluding hydrogens is 342 g/mol. The Bertz CT molecular complexity index is 895. The predicted octanol–water partition coefficient (Wildman–Crippen LogP) is 3.78. The molecule has 0 saturated carbocycles. The molecule has 0 fully saturated rings. The Balaban J connectivity index is 1.31. The summed E-state index contributed by atoms with van der Waals surface area (Å²) in [5.41, 5.74) is 3.05. The van der Waals surface area contributed by atoms with Crippen molar-refractivity contribution in [3.8, 4) is 22.8 Å². The summed E-state index contributed by atoms with van der Waals surface area (Å²) in [6.07, 6.45) is 4.52. The molecule has 4 rings (SSSR count). The quantitative estimate of drug-likeness (QED) is 0.635. The van der Waals surface area contributed by atoms with Crippen molar-refractivity contribution in [2.24, 2.45) is 5.92 Å². The van der Waals surface area contributed by atoms with Gasteiger partial charge in [0.1, 0.15) is 5.69 Å². The average Bonchev–Trinajstić information content (AvgIpc) is 3.31. The minimum Gasteiger partial charge on any atom is -0.454 e. The van der Waals surface area contributed by atoms with E-state index in [9.17, 15) is 0 Å². The number of pyridine rings is 1. The number of fused-ring (bicyclic) bond motifs is 1. The first kappa shape index (κ1) is 17.5. The van der Waals surface area contributed by atoms with Gasteiger partial charge in [-0.1, -0.05) is 18.1 Å². The molecule has 0 unspecified atom stereocenters. The molecule has 0 N–H and O–H groups in total. The van der Waals surface area contributed by atoms with E-state index in [2.05, 4.69) is 41.1 Å². The molecule has 1 atom stereocenters. The molecule has 0 radical (unpaired) electrons. The molecule has 0 amide bonds. The molecule has 0 spiro atoms. The van der Waals surface area contributed by atoms with Gasteiger partial charge >= 0.3 is 0 Å². The highest BCUT2D eigenvalue weighted by Crippen LogP contribution is 2.33. The first-order chi connectivity index (χ1) is 13.2. The van der Waals surface area contributed by atoms with Crippen molar-refractivity contribution in [1.29, 1.82) is 0 Å². The Morgan fingerprint density at radius 3 is 2.89 bits per heavy atom. The van der Waals surface area contributed by atoms with Crippen LogP contribution in [0.5, 0.6) is 11.5 Å². The molecular formula is C21H23N3O3. The van der Waals surface area contributed by atoms with Crippen molar-refractivity contribution in [3.05, 3.63) is 60.1 Å². The normalized spacial score (nSPS) is 13.9. The van der Waals surface area contributed by atoms with Crippen LogP contribution in [0.4, 0.5) is 0 Å². The largest absolute Gasteiger partial charge is 0.454 e. The van der Waals surface area contributed by atoms with E-state index in [1.54, 1.807) is 12.4 Å². The average molecular weight is 365 g/mol. The highest BCUT2D eigenvalue weighted by molar-refractivity contribution is 5.57. The van der Waals surface area contributed by atoms with E-state index in [0.29, 0.717) is 12.7 Å². The third-order valence-electron chi connectivity index (χ3n) is 4.59. The van der Waals surface area contributed by atoms with Crippen LogP contribution in [0.1, 0.15) is 18.2 Å². The summed E-state index contributed by atoms with van der Waals surface area (Å²) in [5, 5.41) is 4.15. The molecule has 1 aliphatic rings. The smallest absolute Gasteiger partial charge is 0.231 e. The van der Waals surface area contributed by atoms with Gasteiger partial charge in [-0.05, 0) is 49.2 Å². The van der Waals surface area contributed by atoms with E-state index in [0.717, 1.165) is 48.0 Å². The van der Waals surface area contributed by atoms with Gasteiger partial charge in [0.25, 0.3) is 0 Å². The summed E-state index contributed by atoms with van der Waals surface area (Å²) >= 11 is 0. The van der Waals surface area contributed by atoms with Gasteiger partial charge in [0, 0.05) is 30.6 Å². The van der Waals surface area contributed by atoms with Crippen LogP contribution in [0, 0.1) is 5.92 Å². The lowest BCUT2D eigenvalue weighted by Gasteiger charge is -2.20. The number of rotatable bonds is 7. The van der Waals surface area contributed by atoms with Gasteiger partial charge in [-0.3, -0.25) is 9.88 Å². The van der Waals surface area contributed by atoms with Crippen molar-refractivity contribution in [3.63, 3.8) is 0 Å². The third kappa shape index (κ3) is 4.28. The Morgan fingerprint density at radius 2 is 2.04 bits per heavy atom. The minimum atomic E-state index is 0.315. The zero-order valence-corrected chi connectivity index (χ0v) is 15.6. The highest BCUT2D eigenvalue weighted by Gasteiger charge is 2.16. The van der Waals surface area contributed by atoms with Gasteiger partial charge < -0.3 is 14.0 Å². The minimum absolute atomic E-state index is 0.315. The maximum atomic E-state index is 5.49. The molecule has 1 aromatic carbocycles. The summed E-state index contributed by atoms with van der Waals surface area (Å²) in [4.78, 5) is 6.38. The van der Waals surface area contributed by atoms with Gasteiger partial charge in [0.05, 0.1) is 6.54 Å². The molecule has 27 heavy (non-hydrogen) atoms. The monoisotopic (exact) mass is 365 g/mol. The maximum absolute atomic E-state index is 5.49. The molecule has 6 heteroatoms. The van der Waals surface area contributed by atoms with Crippen LogP contribution in [0.15, 0.2) is 53.3 Å². The van der Waals surface area contributed by atoms with E-state index in [1.165, 1.54) is 5.56 Å². The van der Waals surface area contributed by atoms with Gasteiger partial charge in [-0.2, -0.15) is 0 Å². The number of ether oxygens (including phenoxy) is 2. The second kappa shape index (κ2) is 7.80. The molecule has 2 aromatic heterocycles. The Kier molecular flexibility index (Phi) is 5.07. The highest BCUT2D eigenvalue weighted by atomic mass is 16.7. The van der Waals surface area contributed by atoms with E-state index in [1.807, 2.05) is 24.3 Å². The topological polar surface area (TPSA) is 60.6 Å². The Hall–Kier alpha value is -2.86. The number of benzene rings is 1. The first-order valence-corrected chi connectivity index (χ1v) is 9.10. The first-order valence-electron chi connectivity index (χ1n) is 9.10. The molecule has 140 valence electrons. The van der Waals surface area contributed by atoms with Crippen LogP contribution in [0.25, 0.3) is 11.3 Å². The summed E-state index contributed by atoms with van der Waals surface area (Å²) in [6.45, 7) is 4.24. The second-order valence-electron chi connectivity index (χ2n) is 7.11. The van der Waals surface area contributed by atoms with Crippen LogP contribution in [-0.4, -0.2) is 35.4 Å². The molecule has 0 aliphatic carbocycles. The Labute approximate surface area is 158 Å². The fourth-order valence-electron chi connectivity index (χ4n) is 3.44. The van der Waals surface area contributed by atoms with Crippen molar-refractivity contribution >= 4 is 0 Å². The second-order valence-corrected chi connectivity index (χ2v) is 7.11. The van der Waals surface area contributed by atoms with Crippen LogP contribution in [0.2, 0.25) is 0 Å². The van der Waals surface area contributed by atoms with Crippen molar-refractivity contribution in [2.75, 3.05) is 20.4 Å². The molecule has 3 heterocycles. The summed E-state index contributed by atoms with van der Waals surface area (Å²) in [7, 11) is 2.10. The van der Waals surface area contributed by atoms with Crippen LogP contribution >= 0.6 is 0 Å². The molecule has 6 nitrogen and oxygen atoms in total. The van der Waals surface area contributed by atoms with Gasteiger partial charge in [-0.15, -0.1) is 0 Å². The van der Waals surface area contributed by atoms with Gasteiger partial charge in [-0.25, -0.2) is 0 Å². The SMILES string of the molecule is C[C@H](Cc1ccc2c(c1)OCO2)CN(C)Cc1cc(-c2cccnc2)no1. The third-order valence-corrected chi connectivity index (χ3v) is 4.59. The zero-order chi connectivity index (χ0) is 18.6. The van der Waals surface area contributed by atoms with E-state index in [-0.39, 0.29) is 0 Å². The lowest BCUT2D eigenvalue weighted by molar-refractivity contribution is 0.174. The fourth-order valence-corrected chi connectivity index (χ4v) is 3.44. The van der Waals surface area contributed by atoms with Crippen LogP contribution < -0.4 is 9.47 Å². The van der Waals surface area contributed by atoms with Crippen molar-refractivity contribution in [1.82, 2.24) is 15.0 Å². The van der Waals surface area contributed by atoms with Gasteiger partial charge in [0.15, 0.2) is 17.3 Å². The van der Waals surface area contributed by atoms with E-state index >= 15 is 0 Å². The fraction of sp³-hybridized carbons (Fsp3) is 0.333. The summed E-state index contributed by atoms with van der Waals surface area (Å²) < 4.78 is 16.3. The van der Waals surface area contributed by atoms with E-state index in [4.69, 9.17) is 14.0 Å². The number of hydrogen-bond acceptors (Lipinski definition) is 6. The number of aromatic nitrogens is 2. The summed E-state index contributed by atoms with van der Waals surface area (Å²) in [6, 6.07) is 12.0.